The van der Waals surface area contributed by atoms with Crippen LogP contribution in [0.4, 0.5) is 0 Å². The van der Waals surface area contributed by atoms with Crippen molar-refractivity contribution >= 4 is 24.0 Å². The van der Waals surface area contributed by atoms with Gasteiger partial charge in [-0.05, 0) is 0 Å². The van der Waals surface area contributed by atoms with Crippen molar-refractivity contribution in [3.8, 4) is 11.6 Å². The molecule has 0 aromatic carbocycles. The smallest absolute Gasteiger partial charge is 0.256 e. The maximum absolute atomic E-state index is 5.65. The van der Waals surface area contributed by atoms with E-state index in [1.165, 1.54) is 20.4 Å². The standard InChI is InChI=1S/C7H8ClNO2.ClH/c1-10-6-3-5(8)4-9-7(6)11-2;/h3-4H,1-2H3;1H. The van der Waals surface area contributed by atoms with Crippen molar-refractivity contribution in [3.05, 3.63) is 17.3 Å². The van der Waals surface area contributed by atoms with Crippen LogP contribution >= 0.6 is 24.0 Å². The second kappa shape index (κ2) is 5.06. The highest BCUT2D eigenvalue weighted by molar-refractivity contribution is 6.30. The van der Waals surface area contributed by atoms with Gasteiger partial charge in [-0.1, -0.05) is 11.6 Å². The Morgan fingerprint density at radius 1 is 1.33 bits per heavy atom. The molecule has 0 N–H and O–H groups in total. The maximum atomic E-state index is 5.65. The van der Waals surface area contributed by atoms with Gasteiger partial charge in [-0.15, -0.1) is 12.4 Å². The Bertz CT molecular complexity index is 255. The zero-order valence-electron chi connectivity index (χ0n) is 6.70. The zero-order chi connectivity index (χ0) is 8.27. The van der Waals surface area contributed by atoms with Crippen LogP contribution in [0, 0.1) is 0 Å². The Hall–Kier alpha value is -0.670. The minimum atomic E-state index is 0. The summed E-state index contributed by atoms with van der Waals surface area (Å²) in [6.07, 6.45) is 1.50. The molecular weight excluding hydrogens is 201 g/mol. The third-order valence-electron chi connectivity index (χ3n) is 1.20. The molecule has 3 nitrogen and oxygen atoms in total. The SMILES string of the molecule is COc1cc(Cl)cnc1OC.Cl. The quantitative estimate of drug-likeness (QED) is 0.749. The number of methoxy groups -OCH3 is 2. The molecule has 0 aliphatic carbocycles. The third kappa shape index (κ3) is 2.43. The van der Waals surface area contributed by atoms with Gasteiger partial charge >= 0.3 is 0 Å². The first kappa shape index (κ1) is 11.3. The Kier molecular flexibility index (Phi) is 4.78. The predicted molar refractivity (Wildman–Crippen MR) is 49.6 cm³/mol. The van der Waals surface area contributed by atoms with Crippen molar-refractivity contribution in [3.63, 3.8) is 0 Å². The molecule has 0 aliphatic rings. The van der Waals surface area contributed by atoms with E-state index in [2.05, 4.69) is 4.98 Å². The summed E-state index contributed by atoms with van der Waals surface area (Å²) in [5.74, 6) is 0.983. The second-order valence-electron chi connectivity index (χ2n) is 1.87. The fraction of sp³-hybridized carbons (Fsp3) is 0.286. The number of pyridine rings is 1. The van der Waals surface area contributed by atoms with Gasteiger partial charge in [-0.3, -0.25) is 0 Å². The number of nitrogens with zero attached hydrogens (tertiary/aromatic N) is 1. The number of ether oxygens (including phenoxy) is 2. The van der Waals surface area contributed by atoms with Crippen molar-refractivity contribution in [2.45, 2.75) is 0 Å². The van der Waals surface area contributed by atoms with Crippen LogP contribution < -0.4 is 9.47 Å². The van der Waals surface area contributed by atoms with E-state index in [-0.39, 0.29) is 12.4 Å². The molecule has 0 fully saturated rings. The maximum Gasteiger partial charge on any atom is 0.256 e. The van der Waals surface area contributed by atoms with Crippen LogP contribution in [0.25, 0.3) is 0 Å². The first-order chi connectivity index (χ1) is 5.27. The molecule has 12 heavy (non-hydrogen) atoms. The molecule has 0 atom stereocenters. The molecule has 1 heterocycles. The summed E-state index contributed by atoms with van der Waals surface area (Å²) in [5.41, 5.74) is 0. The van der Waals surface area contributed by atoms with Gasteiger partial charge in [-0.25, -0.2) is 4.98 Å². The molecule has 0 saturated carbocycles. The molecule has 0 unspecified atom stereocenters. The second-order valence-corrected chi connectivity index (χ2v) is 2.30. The van der Waals surface area contributed by atoms with Crippen LogP contribution in [0.5, 0.6) is 11.6 Å². The van der Waals surface area contributed by atoms with Crippen molar-refractivity contribution in [1.82, 2.24) is 4.98 Å². The molecule has 1 aromatic rings. The predicted octanol–water partition coefficient (Wildman–Crippen LogP) is 2.17. The van der Waals surface area contributed by atoms with Crippen LogP contribution in [0.1, 0.15) is 0 Å². The van der Waals surface area contributed by atoms with Crippen LogP contribution in [0.15, 0.2) is 12.3 Å². The highest BCUT2D eigenvalue weighted by atomic mass is 35.5. The van der Waals surface area contributed by atoms with Crippen molar-refractivity contribution in [1.29, 1.82) is 0 Å². The Labute approximate surface area is 82.1 Å². The normalized spacial score (nSPS) is 8.58. The van der Waals surface area contributed by atoms with E-state index in [0.29, 0.717) is 16.7 Å². The topological polar surface area (TPSA) is 31.4 Å². The van der Waals surface area contributed by atoms with E-state index in [4.69, 9.17) is 21.1 Å². The fourth-order valence-electron chi connectivity index (χ4n) is 0.708. The molecule has 0 aliphatic heterocycles. The summed E-state index contributed by atoms with van der Waals surface area (Å²) in [6, 6.07) is 1.65. The highest BCUT2D eigenvalue weighted by Gasteiger charge is 2.03. The molecule has 0 radical (unpaired) electrons. The van der Waals surface area contributed by atoms with Crippen LogP contribution in [0.3, 0.4) is 0 Å². The number of rotatable bonds is 2. The van der Waals surface area contributed by atoms with Crippen molar-refractivity contribution in [2.24, 2.45) is 0 Å². The first-order valence-electron chi connectivity index (χ1n) is 3.01. The minimum Gasteiger partial charge on any atom is -0.491 e. The first-order valence-corrected chi connectivity index (χ1v) is 3.39. The lowest BCUT2D eigenvalue weighted by atomic mass is 10.4. The number of aromatic nitrogens is 1. The third-order valence-corrected chi connectivity index (χ3v) is 1.40. The summed E-state index contributed by atoms with van der Waals surface area (Å²) in [7, 11) is 3.06. The van der Waals surface area contributed by atoms with E-state index < -0.39 is 0 Å². The van der Waals surface area contributed by atoms with Crippen molar-refractivity contribution < 1.29 is 9.47 Å². The van der Waals surface area contributed by atoms with Gasteiger partial charge in [0.25, 0.3) is 5.88 Å². The van der Waals surface area contributed by atoms with E-state index in [9.17, 15) is 0 Å². The Balaban J connectivity index is 0.00000121. The monoisotopic (exact) mass is 209 g/mol. The molecule has 0 bridgehead atoms. The summed E-state index contributed by atoms with van der Waals surface area (Å²) >= 11 is 5.65. The molecule has 1 aromatic heterocycles. The Morgan fingerprint density at radius 3 is 2.50 bits per heavy atom. The van der Waals surface area contributed by atoms with Gasteiger partial charge in [-0.2, -0.15) is 0 Å². The largest absolute Gasteiger partial charge is 0.491 e. The van der Waals surface area contributed by atoms with Crippen LogP contribution in [-0.4, -0.2) is 19.2 Å². The number of halogens is 2. The lowest BCUT2D eigenvalue weighted by Crippen LogP contribution is -1.92. The van der Waals surface area contributed by atoms with E-state index in [1.807, 2.05) is 0 Å². The zero-order valence-corrected chi connectivity index (χ0v) is 8.28. The molecule has 0 amide bonds. The fourth-order valence-corrected chi connectivity index (χ4v) is 0.856. The van der Waals surface area contributed by atoms with Gasteiger partial charge in [0.05, 0.1) is 19.2 Å². The molecule has 68 valence electrons. The summed E-state index contributed by atoms with van der Waals surface area (Å²) in [5, 5.41) is 0.530. The van der Waals surface area contributed by atoms with Gasteiger partial charge in [0, 0.05) is 12.3 Å². The molecule has 5 heteroatoms. The average Bonchev–Trinajstić information content (AvgIpc) is 2.04. The van der Waals surface area contributed by atoms with Gasteiger partial charge in [0.1, 0.15) is 0 Å². The molecule has 1 rings (SSSR count). The average molecular weight is 210 g/mol. The summed E-state index contributed by atoms with van der Waals surface area (Å²) < 4.78 is 9.84. The number of hydrogen-bond donors (Lipinski definition) is 0. The van der Waals surface area contributed by atoms with E-state index >= 15 is 0 Å². The minimum absolute atomic E-state index is 0. The summed E-state index contributed by atoms with van der Waals surface area (Å²) in [6.45, 7) is 0. The van der Waals surface area contributed by atoms with E-state index in [0.717, 1.165) is 0 Å². The number of hydrogen-bond acceptors (Lipinski definition) is 3. The van der Waals surface area contributed by atoms with Crippen LogP contribution in [0.2, 0.25) is 5.02 Å². The van der Waals surface area contributed by atoms with Gasteiger partial charge in [0.15, 0.2) is 5.75 Å². The van der Waals surface area contributed by atoms with Gasteiger partial charge in [0.2, 0.25) is 0 Å². The van der Waals surface area contributed by atoms with Crippen molar-refractivity contribution in [2.75, 3.05) is 14.2 Å². The van der Waals surface area contributed by atoms with Gasteiger partial charge < -0.3 is 9.47 Å². The highest BCUT2D eigenvalue weighted by Crippen LogP contribution is 2.26. The summed E-state index contributed by atoms with van der Waals surface area (Å²) in [4.78, 5) is 3.89. The lowest BCUT2D eigenvalue weighted by Gasteiger charge is -2.04. The Morgan fingerprint density at radius 2 is 2.00 bits per heavy atom. The molecule has 0 spiro atoms. The van der Waals surface area contributed by atoms with E-state index in [1.54, 1.807) is 6.07 Å². The lowest BCUT2D eigenvalue weighted by molar-refractivity contribution is 0.343. The molecular formula is C7H9Cl2NO2. The van der Waals surface area contributed by atoms with Crippen LogP contribution in [-0.2, 0) is 0 Å². The molecule has 0 saturated heterocycles.